The molecule has 0 aromatic rings. The van der Waals surface area contributed by atoms with Crippen molar-refractivity contribution in [3.05, 3.63) is 0 Å². The van der Waals surface area contributed by atoms with E-state index in [0.29, 0.717) is 6.61 Å². The molecule has 0 aliphatic heterocycles. The molecule has 0 spiro atoms. The molecule has 0 bridgehead atoms. The summed E-state index contributed by atoms with van der Waals surface area (Å²) in [6.07, 6.45) is 0. The van der Waals surface area contributed by atoms with Gasteiger partial charge in [-0.1, -0.05) is 0 Å². The molecule has 0 aromatic carbocycles. The molecule has 0 aliphatic rings. The molecule has 0 rings (SSSR count). The van der Waals surface area contributed by atoms with Gasteiger partial charge in [-0.3, -0.25) is 0 Å². The van der Waals surface area contributed by atoms with Crippen molar-refractivity contribution < 1.29 is 14.9 Å². The molecule has 0 unspecified atom stereocenters. The molecule has 0 heterocycles. The maximum Gasteiger partial charge on any atom is 0.109 e. The Morgan fingerprint density at radius 3 is 2.57 bits per heavy atom. The van der Waals surface area contributed by atoms with Gasteiger partial charge in [-0.05, 0) is 6.92 Å². The molecule has 1 radical (unpaired) electrons. The lowest BCUT2D eigenvalue weighted by molar-refractivity contribution is -0.296. The van der Waals surface area contributed by atoms with E-state index in [4.69, 9.17) is 0 Å². The van der Waals surface area contributed by atoms with E-state index >= 15 is 0 Å². The van der Waals surface area contributed by atoms with Gasteiger partial charge in [0.2, 0.25) is 0 Å². The first-order valence-corrected chi connectivity index (χ1v) is 2.24. The quantitative estimate of drug-likeness (QED) is 0.294. The summed E-state index contributed by atoms with van der Waals surface area (Å²) in [6, 6.07) is 0. The van der Waals surface area contributed by atoms with Gasteiger partial charge in [-0.2, -0.15) is 0 Å². The maximum atomic E-state index is 9.60. The van der Waals surface area contributed by atoms with Crippen molar-refractivity contribution in [1.82, 2.24) is 0 Å². The fourth-order valence-electron chi connectivity index (χ4n) is 0.176. The molecule has 43 valence electrons. The molecule has 0 atom stereocenters. The Balaban J connectivity index is 2.45. The van der Waals surface area contributed by atoms with Crippen LogP contribution < -0.4 is 0 Å². The third-order valence-corrected chi connectivity index (χ3v) is 0.368. The summed E-state index contributed by atoms with van der Waals surface area (Å²) in [5.41, 5.74) is 0. The molecule has 3 heteroatoms. The highest BCUT2D eigenvalue weighted by molar-refractivity contribution is 4.11. The molecule has 0 aromatic heterocycles. The fraction of sp³-hybridized carbons (Fsp3) is 1.00. The SMILES string of the molecule is CCOOCC[O]. The van der Waals surface area contributed by atoms with Crippen LogP contribution in [0.15, 0.2) is 0 Å². The molecular weight excluding hydrogens is 96.0 g/mol. The number of rotatable bonds is 4. The number of hydrogen-bond donors (Lipinski definition) is 0. The Bertz CT molecular complexity index is 26.1. The van der Waals surface area contributed by atoms with Gasteiger partial charge in [-0.15, -0.1) is 0 Å². The van der Waals surface area contributed by atoms with E-state index in [-0.39, 0.29) is 13.2 Å². The summed E-state index contributed by atoms with van der Waals surface area (Å²) in [5, 5.41) is 9.60. The van der Waals surface area contributed by atoms with Crippen LogP contribution in [-0.2, 0) is 14.9 Å². The zero-order chi connectivity index (χ0) is 5.54. The van der Waals surface area contributed by atoms with Crippen molar-refractivity contribution in [2.24, 2.45) is 0 Å². The van der Waals surface area contributed by atoms with Crippen molar-refractivity contribution >= 4 is 0 Å². The monoisotopic (exact) mass is 105 g/mol. The first kappa shape index (κ1) is 6.88. The summed E-state index contributed by atoms with van der Waals surface area (Å²) in [5.74, 6) is 0. The molecule has 0 fully saturated rings. The van der Waals surface area contributed by atoms with Crippen molar-refractivity contribution in [1.29, 1.82) is 0 Å². The molecule has 0 saturated carbocycles. The summed E-state index contributed by atoms with van der Waals surface area (Å²) < 4.78 is 0. The molecule has 7 heavy (non-hydrogen) atoms. The molecular formula is C4H9O3. The van der Waals surface area contributed by atoms with E-state index in [2.05, 4.69) is 9.78 Å². The zero-order valence-electron chi connectivity index (χ0n) is 4.35. The Morgan fingerprint density at radius 1 is 1.43 bits per heavy atom. The first-order chi connectivity index (χ1) is 3.41. The van der Waals surface area contributed by atoms with E-state index in [9.17, 15) is 5.11 Å². The van der Waals surface area contributed by atoms with Gasteiger partial charge in [0, 0.05) is 0 Å². The van der Waals surface area contributed by atoms with Crippen LogP contribution in [0.2, 0.25) is 0 Å². The number of hydrogen-bond acceptors (Lipinski definition) is 2. The molecule has 0 N–H and O–H groups in total. The van der Waals surface area contributed by atoms with Crippen LogP contribution in [0.3, 0.4) is 0 Å². The summed E-state index contributed by atoms with van der Waals surface area (Å²) in [4.78, 5) is 8.69. The molecule has 3 nitrogen and oxygen atoms in total. The largest absolute Gasteiger partial charge is 0.237 e. The summed E-state index contributed by atoms with van der Waals surface area (Å²) in [6.45, 7) is 2.21. The Morgan fingerprint density at radius 2 is 2.14 bits per heavy atom. The minimum atomic E-state index is -0.236. The van der Waals surface area contributed by atoms with E-state index in [1.165, 1.54) is 0 Å². The van der Waals surface area contributed by atoms with Crippen LogP contribution >= 0.6 is 0 Å². The van der Waals surface area contributed by atoms with Crippen molar-refractivity contribution in [3.8, 4) is 0 Å². The smallest absolute Gasteiger partial charge is 0.109 e. The van der Waals surface area contributed by atoms with Crippen LogP contribution in [0.25, 0.3) is 0 Å². The van der Waals surface area contributed by atoms with Crippen LogP contribution in [0, 0.1) is 0 Å². The maximum absolute atomic E-state index is 9.60. The average Bonchev–Trinajstić information content (AvgIpc) is 1.69. The Hall–Kier alpha value is -0.120. The Kier molecular flexibility index (Phi) is 5.78. The van der Waals surface area contributed by atoms with Crippen LogP contribution in [0.5, 0.6) is 0 Å². The van der Waals surface area contributed by atoms with Gasteiger partial charge in [-0.25, -0.2) is 14.9 Å². The highest BCUT2D eigenvalue weighted by Crippen LogP contribution is 1.73. The van der Waals surface area contributed by atoms with Gasteiger partial charge in [0.15, 0.2) is 0 Å². The van der Waals surface area contributed by atoms with Crippen LogP contribution in [0.1, 0.15) is 6.92 Å². The fourth-order valence-corrected chi connectivity index (χ4v) is 0.176. The van der Waals surface area contributed by atoms with Crippen molar-refractivity contribution in [2.75, 3.05) is 19.8 Å². The summed E-state index contributed by atoms with van der Waals surface area (Å²) >= 11 is 0. The normalized spacial score (nSPS) is 9.43. The van der Waals surface area contributed by atoms with Gasteiger partial charge in [0.05, 0.1) is 6.61 Å². The highest BCUT2D eigenvalue weighted by atomic mass is 17.2. The van der Waals surface area contributed by atoms with Crippen LogP contribution in [-0.4, -0.2) is 19.8 Å². The minimum absolute atomic E-state index is 0.147. The second kappa shape index (κ2) is 5.88. The predicted molar refractivity (Wildman–Crippen MR) is 23.1 cm³/mol. The molecule has 0 saturated heterocycles. The lowest BCUT2D eigenvalue weighted by atomic mass is 10.8. The van der Waals surface area contributed by atoms with E-state index in [1.807, 2.05) is 0 Å². The standard InChI is InChI=1S/C4H9O3/c1-2-6-7-4-3-5/h2-4H2,1H3. The zero-order valence-corrected chi connectivity index (χ0v) is 4.35. The third kappa shape index (κ3) is 5.88. The average molecular weight is 105 g/mol. The predicted octanol–water partition coefficient (Wildman–Crippen LogP) is 0.385. The second-order valence-electron chi connectivity index (χ2n) is 0.933. The van der Waals surface area contributed by atoms with E-state index in [0.717, 1.165) is 0 Å². The highest BCUT2D eigenvalue weighted by Gasteiger charge is 1.80. The van der Waals surface area contributed by atoms with Crippen molar-refractivity contribution in [2.45, 2.75) is 6.92 Å². The second-order valence-corrected chi connectivity index (χ2v) is 0.933. The van der Waals surface area contributed by atoms with E-state index in [1.54, 1.807) is 6.92 Å². The summed E-state index contributed by atoms with van der Waals surface area (Å²) in [7, 11) is 0. The van der Waals surface area contributed by atoms with Crippen molar-refractivity contribution in [3.63, 3.8) is 0 Å². The van der Waals surface area contributed by atoms with Crippen LogP contribution in [0.4, 0.5) is 0 Å². The molecule has 0 aliphatic carbocycles. The lowest BCUT2D eigenvalue weighted by Crippen LogP contribution is -1.98. The van der Waals surface area contributed by atoms with E-state index < -0.39 is 0 Å². The van der Waals surface area contributed by atoms with Gasteiger partial charge in [0.25, 0.3) is 0 Å². The topological polar surface area (TPSA) is 38.4 Å². The Labute approximate surface area is 42.8 Å². The van der Waals surface area contributed by atoms with Gasteiger partial charge in [0.1, 0.15) is 13.2 Å². The molecule has 0 amide bonds. The minimum Gasteiger partial charge on any atom is -0.237 e. The van der Waals surface area contributed by atoms with Gasteiger partial charge >= 0.3 is 0 Å². The first-order valence-electron chi connectivity index (χ1n) is 2.24. The third-order valence-electron chi connectivity index (χ3n) is 0.368. The lowest BCUT2D eigenvalue weighted by Gasteiger charge is -1.94. The van der Waals surface area contributed by atoms with Gasteiger partial charge < -0.3 is 0 Å².